The molecular formula is C43H88Cl3N7O3. The topological polar surface area (TPSA) is 194 Å². The van der Waals surface area contributed by atoms with Crippen LogP contribution in [0.15, 0.2) is 12.2 Å². The highest BCUT2D eigenvalue weighted by molar-refractivity contribution is 6.02. The second kappa shape index (κ2) is 44.7. The first-order valence-electron chi connectivity index (χ1n) is 22.0. The molecule has 56 heavy (non-hydrogen) atoms. The van der Waals surface area contributed by atoms with Gasteiger partial charge in [-0.3, -0.25) is 24.7 Å². The fourth-order valence-electron chi connectivity index (χ4n) is 6.75. The third-order valence-corrected chi connectivity index (χ3v) is 10.3. The smallest absolute Gasteiger partial charge is 0.248 e. The number of hydrogen-bond acceptors (Lipinski definition) is 7. The number of nitrogens with two attached hydrogens (primary N) is 4. The third-order valence-electron chi connectivity index (χ3n) is 10.3. The molecule has 0 saturated heterocycles. The van der Waals surface area contributed by atoms with Crippen molar-refractivity contribution in [2.75, 3.05) is 13.1 Å². The van der Waals surface area contributed by atoms with Crippen molar-refractivity contribution in [3.8, 4) is 0 Å². The Morgan fingerprint density at radius 1 is 0.571 bits per heavy atom. The quantitative estimate of drug-likeness (QED) is 0.0153. The molecule has 2 unspecified atom stereocenters. The number of hydrogen-bond donors (Lipinski definition) is 6. The minimum Gasteiger partial charge on any atom is -0.370 e. The van der Waals surface area contributed by atoms with Gasteiger partial charge in [0.1, 0.15) is 6.04 Å². The Bertz CT molecular complexity index is 962. The van der Waals surface area contributed by atoms with E-state index in [-0.39, 0.29) is 62.1 Å². The molecular weight excluding hydrogens is 769 g/mol. The molecule has 0 aliphatic rings. The fourth-order valence-corrected chi connectivity index (χ4v) is 6.75. The molecule has 10 nitrogen and oxygen atoms in total. The highest BCUT2D eigenvalue weighted by Crippen LogP contribution is 2.15. The monoisotopic (exact) mass is 856 g/mol. The van der Waals surface area contributed by atoms with E-state index in [4.69, 9.17) is 28.3 Å². The Morgan fingerprint density at radius 2 is 0.964 bits per heavy atom. The number of halogens is 3. The van der Waals surface area contributed by atoms with Crippen LogP contribution in [0.25, 0.3) is 0 Å². The number of nitrogens with zero attached hydrogens (tertiary/aromatic N) is 1. The number of carbonyl (C=O) groups is 3. The number of amides is 2. The van der Waals surface area contributed by atoms with Gasteiger partial charge in [-0.05, 0) is 51.4 Å². The van der Waals surface area contributed by atoms with Crippen molar-refractivity contribution in [1.82, 2.24) is 10.2 Å². The summed E-state index contributed by atoms with van der Waals surface area (Å²) >= 11 is 0. The summed E-state index contributed by atoms with van der Waals surface area (Å²) in [7, 11) is 0. The number of imide groups is 1. The van der Waals surface area contributed by atoms with Crippen molar-refractivity contribution in [3.63, 3.8) is 0 Å². The summed E-state index contributed by atoms with van der Waals surface area (Å²) in [6.07, 6.45) is 38.1. The van der Waals surface area contributed by atoms with Gasteiger partial charge in [-0.15, -0.1) is 37.2 Å². The number of Topliss-reactive ketones (excluding diaryl/α,β-unsaturated/α-hetero) is 1. The van der Waals surface area contributed by atoms with Crippen LogP contribution >= 0.6 is 37.2 Å². The van der Waals surface area contributed by atoms with E-state index >= 15 is 0 Å². The van der Waals surface area contributed by atoms with E-state index in [1.165, 1.54) is 114 Å². The molecule has 0 radical (unpaired) electrons. The summed E-state index contributed by atoms with van der Waals surface area (Å²) in [5.41, 5.74) is 23.8. The molecule has 0 aliphatic heterocycles. The van der Waals surface area contributed by atoms with E-state index in [0.717, 1.165) is 51.4 Å². The van der Waals surface area contributed by atoms with E-state index in [1.807, 2.05) is 0 Å². The van der Waals surface area contributed by atoms with Crippen molar-refractivity contribution in [3.05, 3.63) is 12.2 Å². The van der Waals surface area contributed by atoms with Gasteiger partial charge in [0, 0.05) is 19.5 Å². The maximum atomic E-state index is 13.6. The molecule has 0 aliphatic carbocycles. The zero-order chi connectivity index (χ0) is 39.4. The predicted octanol–water partition coefficient (Wildman–Crippen LogP) is 9.94. The Balaban J connectivity index is -0.00000451. The van der Waals surface area contributed by atoms with E-state index < -0.39 is 29.8 Å². The summed E-state index contributed by atoms with van der Waals surface area (Å²) in [5, 5.41) is 9.91. The van der Waals surface area contributed by atoms with Gasteiger partial charge in [0.2, 0.25) is 11.8 Å². The molecule has 0 spiro atoms. The lowest BCUT2D eigenvalue weighted by atomic mass is 9.96. The summed E-state index contributed by atoms with van der Waals surface area (Å²) in [6.45, 7) is 5.19. The molecule has 13 heteroatoms. The second-order valence-corrected chi connectivity index (χ2v) is 15.4. The largest absolute Gasteiger partial charge is 0.370 e. The first-order valence-corrected chi connectivity index (χ1v) is 22.0. The van der Waals surface area contributed by atoms with Crippen LogP contribution < -0.4 is 28.3 Å². The standard InChI is InChI=1S/C43H85N7O3.3ClH/c1-3-5-7-9-11-13-15-17-19-20-22-24-26-28-30-34-38(51)50(36-31-29-27-25-23-21-18-16-14-12-10-8-6-4-2)42(53)40(46)39(45)41(52)37(44)33-32-35-49-43(47)48;;;/h17,19,37,39-40H,3-16,18,20-36,44-46H2,1-2H3,(H4,47,48,49);3*1H/b19-17-;;;/t37-,39?,40?;;;/m1.../s1. The van der Waals surface area contributed by atoms with Gasteiger partial charge < -0.3 is 28.3 Å². The number of nitrogens with one attached hydrogen (secondary N) is 2. The highest BCUT2D eigenvalue weighted by Gasteiger charge is 2.34. The average Bonchev–Trinajstić information content (AvgIpc) is 3.15. The maximum Gasteiger partial charge on any atom is 0.248 e. The van der Waals surface area contributed by atoms with Crippen molar-refractivity contribution in [1.29, 1.82) is 5.41 Å². The minimum absolute atomic E-state index is 0. The number of carbonyl (C=O) groups excluding carboxylic acids is 3. The first-order chi connectivity index (χ1) is 25.7. The van der Waals surface area contributed by atoms with Crippen LogP contribution in [0.3, 0.4) is 0 Å². The Morgan fingerprint density at radius 3 is 1.39 bits per heavy atom. The molecule has 0 rings (SSSR count). The van der Waals surface area contributed by atoms with Gasteiger partial charge in [-0.25, -0.2) is 0 Å². The normalized spacial score (nSPS) is 12.5. The van der Waals surface area contributed by atoms with Crippen molar-refractivity contribution in [2.24, 2.45) is 22.9 Å². The van der Waals surface area contributed by atoms with E-state index in [2.05, 4.69) is 31.3 Å². The summed E-state index contributed by atoms with van der Waals surface area (Å²) < 4.78 is 0. The molecule has 0 fully saturated rings. The van der Waals surface area contributed by atoms with Crippen LogP contribution in [-0.2, 0) is 14.4 Å². The molecule has 0 aromatic carbocycles. The molecule has 0 heterocycles. The molecule has 2 amide bonds. The molecule has 0 bridgehead atoms. The molecule has 0 saturated carbocycles. The number of guanidine groups is 1. The van der Waals surface area contributed by atoms with Crippen LogP contribution in [0.4, 0.5) is 0 Å². The Labute approximate surface area is 362 Å². The van der Waals surface area contributed by atoms with E-state index in [0.29, 0.717) is 32.2 Å². The molecule has 334 valence electrons. The Kier molecular flexibility index (Phi) is 48.8. The number of ketones is 1. The van der Waals surface area contributed by atoms with Crippen LogP contribution in [0.5, 0.6) is 0 Å². The lowest BCUT2D eigenvalue weighted by Gasteiger charge is -2.27. The zero-order valence-electron chi connectivity index (χ0n) is 35.7. The molecule has 10 N–H and O–H groups in total. The van der Waals surface area contributed by atoms with Crippen LogP contribution in [0.1, 0.15) is 206 Å². The van der Waals surface area contributed by atoms with Crippen molar-refractivity contribution >= 4 is 60.8 Å². The molecule has 3 atom stereocenters. The Hall–Kier alpha value is -1.43. The van der Waals surface area contributed by atoms with Gasteiger partial charge >= 0.3 is 0 Å². The van der Waals surface area contributed by atoms with Gasteiger partial charge in [0.15, 0.2) is 11.7 Å². The van der Waals surface area contributed by atoms with Crippen LogP contribution in [0, 0.1) is 5.41 Å². The highest BCUT2D eigenvalue weighted by atomic mass is 35.5. The average molecular weight is 858 g/mol. The fraction of sp³-hybridized carbons (Fsp3) is 0.860. The van der Waals surface area contributed by atoms with E-state index in [9.17, 15) is 14.4 Å². The van der Waals surface area contributed by atoms with Crippen LogP contribution in [0.2, 0.25) is 0 Å². The van der Waals surface area contributed by atoms with Crippen molar-refractivity contribution in [2.45, 2.75) is 225 Å². The SMILES string of the molecule is CCCCCCCC/C=C\CCCCCCCC(=O)N(CCCCCCCCCCCCCCCC)C(=O)C(N)C(N)C(=O)[C@H](N)CCCNC(=N)N.Cl.Cl.Cl. The first kappa shape index (κ1) is 61.2. The number of unbranched alkanes of at least 4 members (excludes halogenated alkanes) is 24. The third kappa shape index (κ3) is 35.7. The summed E-state index contributed by atoms with van der Waals surface area (Å²) in [6, 6.07) is -3.54. The van der Waals surface area contributed by atoms with Crippen molar-refractivity contribution < 1.29 is 14.4 Å². The van der Waals surface area contributed by atoms with E-state index in [1.54, 1.807) is 0 Å². The second-order valence-electron chi connectivity index (χ2n) is 15.4. The molecule has 0 aromatic heterocycles. The maximum absolute atomic E-state index is 13.6. The summed E-state index contributed by atoms with van der Waals surface area (Å²) in [4.78, 5) is 41.2. The lowest BCUT2D eigenvalue weighted by molar-refractivity contribution is -0.147. The number of allylic oxidation sites excluding steroid dienone is 2. The van der Waals surface area contributed by atoms with Gasteiger partial charge in [-0.2, -0.15) is 0 Å². The van der Waals surface area contributed by atoms with Gasteiger partial charge in [-0.1, -0.05) is 161 Å². The zero-order valence-corrected chi connectivity index (χ0v) is 38.2. The lowest BCUT2D eigenvalue weighted by Crippen LogP contribution is -2.60. The van der Waals surface area contributed by atoms with Gasteiger partial charge in [0.05, 0.1) is 12.1 Å². The van der Waals surface area contributed by atoms with Gasteiger partial charge in [0.25, 0.3) is 0 Å². The number of rotatable bonds is 38. The molecule has 0 aromatic rings. The summed E-state index contributed by atoms with van der Waals surface area (Å²) in [5.74, 6) is -1.49. The predicted molar refractivity (Wildman–Crippen MR) is 246 cm³/mol. The minimum atomic E-state index is -1.34. The van der Waals surface area contributed by atoms with Crippen LogP contribution in [-0.4, -0.2) is 59.7 Å².